The van der Waals surface area contributed by atoms with E-state index in [2.05, 4.69) is 5.32 Å². The van der Waals surface area contributed by atoms with Crippen LogP contribution in [0.1, 0.15) is 29.8 Å². The molecular formula is C11H11F4NO. The normalized spacial score (nSPS) is 11.7. The van der Waals surface area contributed by atoms with Crippen LogP contribution in [0.5, 0.6) is 0 Å². The Hall–Kier alpha value is -1.59. The molecule has 0 aromatic heterocycles. The van der Waals surface area contributed by atoms with Crippen LogP contribution in [-0.4, -0.2) is 11.9 Å². The highest BCUT2D eigenvalue weighted by atomic mass is 19.4. The summed E-state index contributed by atoms with van der Waals surface area (Å²) < 4.78 is 50.1. The lowest BCUT2D eigenvalue weighted by Crippen LogP contribution is -2.30. The molecular weight excluding hydrogens is 238 g/mol. The summed E-state index contributed by atoms with van der Waals surface area (Å²) >= 11 is 0. The Bertz CT molecular complexity index is 426. The van der Waals surface area contributed by atoms with Crippen molar-refractivity contribution in [3.05, 3.63) is 35.1 Å². The van der Waals surface area contributed by atoms with Gasteiger partial charge in [0, 0.05) is 6.04 Å². The van der Waals surface area contributed by atoms with Crippen LogP contribution in [0.3, 0.4) is 0 Å². The maximum Gasteiger partial charge on any atom is 0.416 e. The van der Waals surface area contributed by atoms with E-state index < -0.39 is 29.0 Å². The SMILES string of the molecule is CC(C)NC(=O)c1ccc(C(F)(F)F)cc1F. The maximum absolute atomic E-state index is 13.3. The Balaban J connectivity index is 3.02. The van der Waals surface area contributed by atoms with Crippen LogP contribution in [0, 0.1) is 5.82 Å². The van der Waals surface area contributed by atoms with Crippen LogP contribution in [0.25, 0.3) is 0 Å². The first-order valence-electron chi connectivity index (χ1n) is 4.89. The minimum atomic E-state index is -4.62. The molecule has 0 heterocycles. The van der Waals surface area contributed by atoms with Crippen molar-refractivity contribution in [1.29, 1.82) is 0 Å². The quantitative estimate of drug-likeness (QED) is 0.802. The van der Waals surface area contributed by atoms with Gasteiger partial charge >= 0.3 is 6.18 Å². The van der Waals surface area contributed by atoms with Gasteiger partial charge in [0.15, 0.2) is 0 Å². The van der Waals surface area contributed by atoms with Crippen LogP contribution in [0.15, 0.2) is 18.2 Å². The van der Waals surface area contributed by atoms with Gasteiger partial charge in [0.2, 0.25) is 0 Å². The summed E-state index contributed by atoms with van der Waals surface area (Å²) in [6, 6.07) is 1.60. The lowest BCUT2D eigenvalue weighted by molar-refractivity contribution is -0.137. The fourth-order valence-corrected chi connectivity index (χ4v) is 1.22. The van der Waals surface area contributed by atoms with Crippen molar-refractivity contribution in [2.75, 3.05) is 0 Å². The summed E-state index contributed by atoms with van der Waals surface area (Å²) in [5.41, 5.74) is -1.51. The second-order valence-electron chi connectivity index (χ2n) is 3.82. The number of carbonyl (C=O) groups excluding carboxylic acids is 1. The van der Waals surface area contributed by atoms with Crippen molar-refractivity contribution >= 4 is 5.91 Å². The maximum atomic E-state index is 13.3. The van der Waals surface area contributed by atoms with E-state index in [0.717, 1.165) is 6.07 Å². The van der Waals surface area contributed by atoms with Gasteiger partial charge in [-0.1, -0.05) is 0 Å². The van der Waals surface area contributed by atoms with Gasteiger partial charge < -0.3 is 5.32 Å². The predicted octanol–water partition coefficient (Wildman–Crippen LogP) is 2.98. The Kier molecular flexibility index (Phi) is 3.75. The number of halogens is 4. The van der Waals surface area contributed by atoms with E-state index in [-0.39, 0.29) is 6.04 Å². The zero-order valence-corrected chi connectivity index (χ0v) is 9.23. The number of nitrogens with one attached hydrogen (secondary N) is 1. The van der Waals surface area contributed by atoms with E-state index in [1.165, 1.54) is 0 Å². The van der Waals surface area contributed by atoms with E-state index in [1.807, 2.05) is 0 Å². The molecule has 2 nitrogen and oxygen atoms in total. The fourth-order valence-electron chi connectivity index (χ4n) is 1.22. The molecule has 0 radical (unpaired) electrons. The second kappa shape index (κ2) is 4.73. The second-order valence-corrected chi connectivity index (χ2v) is 3.82. The third-order valence-corrected chi connectivity index (χ3v) is 1.96. The Morgan fingerprint density at radius 1 is 1.29 bits per heavy atom. The van der Waals surface area contributed by atoms with Gasteiger partial charge in [-0.2, -0.15) is 13.2 Å². The molecule has 17 heavy (non-hydrogen) atoms. The van der Waals surface area contributed by atoms with Crippen molar-refractivity contribution in [3.8, 4) is 0 Å². The third kappa shape index (κ3) is 3.44. The molecule has 0 spiro atoms. The highest BCUT2D eigenvalue weighted by Gasteiger charge is 2.31. The highest BCUT2D eigenvalue weighted by Crippen LogP contribution is 2.30. The van der Waals surface area contributed by atoms with Crippen molar-refractivity contribution < 1.29 is 22.4 Å². The lowest BCUT2D eigenvalue weighted by atomic mass is 10.1. The zero-order chi connectivity index (χ0) is 13.2. The molecule has 0 atom stereocenters. The summed E-state index contributed by atoms with van der Waals surface area (Å²) in [6.45, 7) is 3.33. The van der Waals surface area contributed by atoms with Gasteiger partial charge in [-0.15, -0.1) is 0 Å². The first-order valence-corrected chi connectivity index (χ1v) is 4.89. The molecule has 1 aromatic rings. The number of amides is 1. The summed E-state index contributed by atoms with van der Waals surface area (Å²) in [5.74, 6) is -1.91. The monoisotopic (exact) mass is 249 g/mol. The molecule has 0 aliphatic heterocycles. The van der Waals surface area contributed by atoms with E-state index in [4.69, 9.17) is 0 Å². The van der Waals surface area contributed by atoms with Gasteiger partial charge in [-0.25, -0.2) is 4.39 Å². The highest BCUT2D eigenvalue weighted by molar-refractivity contribution is 5.94. The Morgan fingerprint density at radius 2 is 1.88 bits per heavy atom. The van der Waals surface area contributed by atoms with Crippen LogP contribution in [-0.2, 0) is 6.18 Å². The molecule has 0 unspecified atom stereocenters. The van der Waals surface area contributed by atoms with Gasteiger partial charge in [0.05, 0.1) is 11.1 Å². The van der Waals surface area contributed by atoms with E-state index in [0.29, 0.717) is 12.1 Å². The average Bonchev–Trinajstić information content (AvgIpc) is 2.14. The van der Waals surface area contributed by atoms with Crippen LogP contribution >= 0.6 is 0 Å². The minimum absolute atomic E-state index is 0.218. The van der Waals surface area contributed by atoms with Gasteiger partial charge in [0.25, 0.3) is 5.91 Å². The molecule has 0 saturated carbocycles. The molecule has 1 aromatic carbocycles. The number of alkyl halides is 3. The molecule has 1 rings (SSSR count). The van der Waals surface area contributed by atoms with E-state index in [9.17, 15) is 22.4 Å². The van der Waals surface area contributed by atoms with Crippen LogP contribution in [0.2, 0.25) is 0 Å². The van der Waals surface area contributed by atoms with Crippen molar-refractivity contribution in [2.45, 2.75) is 26.1 Å². The minimum Gasteiger partial charge on any atom is -0.350 e. The topological polar surface area (TPSA) is 29.1 Å². The number of hydrogen-bond acceptors (Lipinski definition) is 1. The first-order chi connectivity index (χ1) is 7.71. The molecule has 0 bridgehead atoms. The summed E-state index contributed by atoms with van der Waals surface area (Å²) in [6.07, 6.45) is -4.62. The van der Waals surface area contributed by atoms with Crippen LogP contribution in [0.4, 0.5) is 17.6 Å². The lowest BCUT2D eigenvalue weighted by Gasteiger charge is -2.11. The van der Waals surface area contributed by atoms with Crippen molar-refractivity contribution in [2.24, 2.45) is 0 Å². The van der Waals surface area contributed by atoms with Gasteiger partial charge in [-0.05, 0) is 32.0 Å². The number of hydrogen-bond donors (Lipinski definition) is 1. The third-order valence-electron chi connectivity index (χ3n) is 1.96. The number of carbonyl (C=O) groups is 1. The number of rotatable bonds is 2. The van der Waals surface area contributed by atoms with E-state index >= 15 is 0 Å². The molecule has 6 heteroatoms. The van der Waals surface area contributed by atoms with E-state index in [1.54, 1.807) is 13.8 Å². The molecule has 1 amide bonds. The Morgan fingerprint density at radius 3 is 2.29 bits per heavy atom. The molecule has 0 saturated heterocycles. The molecule has 1 N–H and O–H groups in total. The smallest absolute Gasteiger partial charge is 0.350 e. The zero-order valence-electron chi connectivity index (χ0n) is 9.23. The number of benzene rings is 1. The van der Waals surface area contributed by atoms with Gasteiger partial charge in [-0.3, -0.25) is 4.79 Å². The summed E-state index contributed by atoms with van der Waals surface area (Å²) in [4.78, 5) is 11.4. The summed E-state index contributed by atoms with van der Waals surface area (Å²) in [7, 11) is 0. The predicted molar refractivity (Wildman–Crippen MR) is 54.0 cm³/mol. The van der Waals surface area contributed by atoms with Gasteiger partial charge in [0.1, 0.15) is 5.82 Å². The van der Waals surface area contributed by atoms with Crippen LogP contribution < -0.4 is 5.32 Å². The summed E-state index contributed by atoms with van der Waals surface area (Å²) in [5, 5.41) is 2.40. The van der Waals surface area contributed by atoms with Crippen molar-refractivity contribution in [3.63, 3.8) is 0 Å². The average molecular weight is 249 g/mol. The molecule has 0 fully saturated rings. The fraction of sp³-hybridized carbons (Fsp3) is 0.364. The molecule has 94 valence electrons. The largest absolute Gasteiger partial charge is 0.416 e. The molecule has 0 aliphatic rings. The Labute approximate surface area is 95.6 Å². The molecule has 0 aliphatic carbocycles. The first kappa shape index (κ1) is 13.5. The van der Waals surface area contributed by atoms with Crippen molar-refractivity contribution in [1.82, 2.24) is 5.32 Å². The standard InChI is InChI=1S/C11H11F4NO/c1-6(2)16-10(17)8-4-3-7(5-9(8)12)11(13,14)15/h3-6H,1-2H3,(H,16,17).